The van der Waals surface area contributed by atoms with Crippen LogP contribution in [0.5, 0.6) is 0 Å². The molecule has 1 aromatic carbocycles. The van der Waals surface area contributed by atoms with E-state index >= 15 is 0 Å². The molecule has 6 rings (SSSR count). The normalized spacial score (nSPS) is 26.5. The number of hydrogen-bond donors (Lipinski definition) is 1. The van der Waals surface area contributed by atoms with Crippen molar-refractivity contribution >= 4 is 21.4 Å². The van der Waals surface area contributed by atoms with Crippen LogP contribution < -0.4 is 4.90 Å². The van der Waals surface area contributed by atoms with E-state index in [2.05, 4.69) is 20.1 Å². The largest absolute Gasteiger partial charge is 0.415 e. The second-order valence-corrected chi connectivity index (χ2v) is 12.9. The molecule has 3 aromatic rings. The Labute approximate surface area is 229 Å². The highest BCUT2D eigenvalue weighted by atomic mass is 32.2. The SMILES string of the molecule is N=S1(=O)CCC(N2C[C@@H]3C[C@H]2CN3C(=O)N(Cc2ccc(-c3nnc(C(F)F)o3)cn2)c2ccccc2F)CC1. The van der Waals surface area contributed by atoms with Crippen LogP contribution in [0.4, 0.5) is 23.7 Å². The number of amides is 2. The molecular weight excluding hydrogens is 547 g/mol. The summed E-state index contributed by atoms with van der Waals surface area (Å²) in [6.45, 7) is 1.20. The van der Waals surface area contributed by atoms with Crippen LogP contribution in [0.15, 0.2) is 47.0 Å². The minimum Gasteiger partial charge on any atom is -0.415 e. The monoisotopic (exact) mass is 575 g/mol. The molecule has 0 spiro atoms. The lowest BCUT2D eigenvalue weighted by Gasteiger charge is -2.41. The van der Waals surface area contributed by atoms with Crippen molar-refractivity contribution in [3.8, 4) is 11.5 Å². The summed E-state index contributed by atoms with van der Waals surface area (Å²) < 4.78 is 65.5. The maximum atomic E-state index is 14.9. The van der Waals surface area contributed by atoms with E-state index in [1.807, 2.05) is 0 Å². The van der Waals surface area contributed by atoms with E-state index in [4.69, 9.17) is 9.20 Å². The molecule has 3 aliphatic heterocycles. The van der Waals surface area contributed by atoms with Crippen LogP contribution in [0.25, 0.3) is 11.5 Å². The van der Waals surface area contributed by atoms with Gasteiger partial charge in [-0.25, -0.2) is 13.4 Å². The molecule has 3 saturated heterocycles. The standard InChI is InChI=1S/C26H28F3N7O3S/c27-21-3-1-2-4-22(21)36(13-17-6-5-16(12-31-17)24-32-33-25(39-24)23(28)29)26(37)35-15-19-11-20(35)14-34(19)18-7-9-40(30,38)10-8-18/h1-6,12,18-20,23,30H,7-11,13-15H2/t18?,19-,20-,40?/m0/s1. The number of anilines is 1. The van der Waals surface area contributed by atoms with Gasteiger partial charge in [0.25, 0.3) is 5.89 Å². The number of alkyl halides is 2. The molecule has 2 atom stereocenters. The summed E-state index contributed by atoms with van der Waals surface area (Å²) in [5.41, 5.74) is 0.933. The first-order valence-corrected chi connectivity index (χ1v) is 15.0. The molecule has 2 aromatic heterocycles. The maximum absolute atomic E-state index is 14.9. The summed E-state index contributed by atoms with van der Waals surface area (Å²) in [5.74, 6) is -0.586. The first kappa shape index (κ1) is 26.7. The van der Waals surface area contributed by atoms with Gasteiger partial charge in [0.05, 0.1) is 23.5 Å². The number of para-hydroxylation sites is 1. The second kappa shape index (κ2) is 10.5. The lowest BCUT2D eigenvalue weighted by atomic mass is 10.1. The number of halogens is 3. The van der Waals surface area contributed by atoms with Crippen LogP contribution in [0, 0.1) is 10.6 Å². The van der Waals surface area contributed by atoms with Crippen molar-refractivity contribution < 1.29 is 26.6 Å². The number of nitrogens with zero attached hydrogens (tertiary/aromatic N) is 6. The molecule has 2 amide bonds. The number of pyridine rings is 1. The summed E-state index contributed by atoms with van der Waals surface area (Å²) in [4.78, 5) is 23.8. The van der Waals surface area contributed by atoms with Gasteiger partial charge in [0, 0.05) is 58.6 Å². The average molecular weight is 576 g/mol. The summed E-state index contributed by atoms with van der Waals surface area (Å²) in [7, 11) is -2.46. The topological polar surface area (TPSA) is 120 Å². The predicted octanol–water partition coefficient (Wildman–Crippen LogP) is 4.30. The third kappa shape index (κ3) is 5.17. The Morgan fingerprint density at radius 2 is 1.88 bits per heavy atom. The molecular formula is C26H28F3N7O3S. The fourth-order valence-corrected chi connectivity index (χ4v) is 7.45. The Balaban J connectivity index is 1.19. The minimum atomic E-state index is -2.88. The van der Waals surface area contributed by atoms with Crippen LogP contribution in [0.3, 0.4) is 0 Å². The van der Waals surface area contributed by atoms with Gasteiger partial charge >= 0.3 is 12.5 Å². The number of urea groups is 1. The maximum Gasteiger partial charge on any atom is 0.325 e. The third-order valence-corrected chi connectivity index (χ3v) is 9.74. The van der Waals surface area contributed by atoms with Gasteiger partial charge in [0.2, 0.25) is 5.89 Å². The minimum absolute atomic E-state index is 0.00967. The lowest BCUT2D eigenvalue weighted by molar-refractivity contribution is 0.101. The van der Waals surface area contributed by atoms with E-state index in [1.165, 1.54) is 17.2 Å². The molecule has 3 fully saturated rings. The Morgan fingerprint density at radius 1 is 1.10 bits per heavy atom. The van der Waals surface area contributed by atoms with Gasteiger partial charge < -0.3 is 9.32 Å². The Morgan fingerprint density at radius 3 is 2.50 bits per heavy atom. The fourth-order valence-electron chi connectivity index (χ4n) is 5.94. The van der Waals surface area contributed by atoms with Gasteiger partial charge in [-0.2, -0.15) is 8.78 Å². The van der Waals surface area contributed by atoms with Crippen molar-refractivity contribution in [2.24, 2.45) is 0 Å². The highest BCUT2D eigenvalue weighted by Gasteiger charge is 2.49. The van der Waals surface area contributed by atoms with Gasteiger partial charge in [0.1, 0.15) is 5.82 Å². The van der Waals surface area contributed by atoms with Crippen molar-refractivity contribution in [3.05, 3.63) is 60.0 Å². The lowest BCUT2D eigenvalue weighted by Crippen LogP contribution is -2.56. The van der Waals surface area contributed by atoms with Crippen LogP contribution in [0.1, 0.15) is 37.3 Å². The zero-order valence-corrected chi connectivity index (χ0v) is 22.3. The molecule has 2 bridgehead atoms. The summed E-state index contributed by atoms with van der Waals surface area (Å²) >= 11 is 0. The first-order chi connectivity index (χ1) is 19.2. The number of fused-ring (bicyclic) bond motifs is 2. The number of piperazine rings is 1. The van der Waals surface area contributed by atoms with Gasteiger partial charge in [-0.3, -0.25) is 19.6 Å². The van der Waals surface area contributed by atoms with Gasteiger partial charge in [-0.15, -0.1) is 10.2 Å². The molecule has 0 radical (unpaired) electrons. The van der Waals surface area contributed by atoms with Crippen LogP contribution in [-0.4, -0.2) is 77.9 Å². The number of benzene rings is 1. The number of carbonyl (C=O) groups is 1. The Hall–Kier alpha value is -3.52. The number of rotatable bonds is 6. The van der Waals surface area contributed by atoms with Crippen molar-refractivity contribution in [1.29, 1.82) is 4.78 Å². The third-order valence-electron chi connectivity index (χ3n) is 7.95. The number of likely N-dealkylation sites (tertiary alicyclic amines) is 2. The van der Waals surface area contributed by atoms with E-state index in [1.54, 1.807) is 35.2 Å². The molecule has 40 heavy (non-hydrogen) atoms. The Kier molecular flexibility index (Phi) is 6.98. The van der Waals surface area contributed by atoms with Crippen molar-refractivity contribution in [3.63, 3.8) is 0 Å². The first-order valence-electron chi connectivity index (χ1n) is 13.1. The highest BCUT2D eigenvalue weighted by molar-refractivity contribution is 7.92. The molecule has 14 heteroatoms. The number of nitrogens with one attached hydrogen (secondary N) is 1. The van der Waals surface area contributed by atoms with Gasteiger partial charge in [-0.1, -0.05) is 12.1 Å². The molecule has 3 aliphatic rings. The zero-order valence-electron chi connectivity index (χ0n) is 21.5. The van der Waals surface area contributed by atoms with E-state index in [0.717, 1.165) is 19.3 Å². The molecule has 0 aliphatic carbocycles. The summed E-state index contributed by atoms with van der Waals surface area (Å²) in [6, 6.07) is 9.35. The smallest absolute Gasteiger partial charge is 0.325 e. The van der Waals surface area contributed by atoms with E-state index in [0.29, 0.717) is 35.9 Å². The van der Waals surface area contributed by atoms with Crippen molar-refractivity contribution in [2.75, 3.05) is 29.5 Å². The molecule has 212 valence electrons. The van der Waals surface area contributed by atoms with Crippen LogP contribution >= 0.6 is 0 Å². The average Bonchev–Trinajstić information content (AvgIpc) is 3.69. The predicted molar refractivity (Wildman–Crippen MR) is 140 cm³/mol. The highest BCUT2D eigenvalue weighted by Crippen LogP contribution is 2.36. The number of hydrogen-bond acceptors (Lipinski definition) is 8. The van der Waals surface area contributed by atoms with Crippen LogP contribution in [-0.2, 0) is 16.3 Å². The zero-order chi connectivity index (χ0) is 28.0. The molecule has 5 heterocycles. The quantitative estimate of drug-likeness (QED) is 0.465. The summed E-state index contributed by atoms with van der Waals surface area (Å²) in [5, 5.41) is 6.94. The van der Waals surface area contributed by atoms with Crippen molar-refractivity contribution in [1.82, 2.24) is 25.0 Å². The van der Waals surface area contributed by atoms with Crippen LogP contribution in [0.2, 0.25) is 0 Å². The summed E-state index contributed by atoms with van der Waals surface area (Å²) in [6.07, 6.45) is 0.787. The van der Waals surface area contributed by atoms with Gasteiger partial charge in [-0.05, 0) is 43.5 Å². The second-order valence-electron chi connectivity index (χ2n) is 10.4. The molecule has 10 nitrogen and oxygen atoms in total. The van der Waals surface area contributed by atoms with E-state index in [-0.39, 0.29) is 42.3 Å². The molecule has 0 saturated carbocycles. The van der Waals surface area contributed by atoms with Crippen molar-refractivity contribution in [2.45, 2.75) is 50.4 Å². The Bertz CT molecular complexity index is 1490. The fraction of sp³-hybridized carbons (Fsp3) is 0.462. The van der Waals surface area contributed by atoms with E-state index in [9.17, 15) is 22.2 Å². The number of carbonyl (C=O) groups excluding carboxylic acids is 1. The molecule has 1 N–H and O–H groups in total. The van der Waals surface area contributed by atoms with Gasteiger partial charge in [0.15, 0.2) is 0 Å². The van der Waals surface area contributed by atoms with E-state index < -0.39 is 27.9 Å². The number of aromatic nitrogens is 3. The molecule has 0 unspecified atom stereocenters.